The minimum absolute atomic E-state index is 0.0954. The Morgan fingerprint density at radius 1 is 0.730 bits per heavy atom. The quantitative estimate of drug-likeness (QED) is 0.282. The number of hydrogen-bond acceptors (Lipinski definition) is 5. The van der Waals surface area contributed by atoms with Crippen LogP contribution in [0.1, 0.15) is 16.7 Å². The van der Waals surface area contributed by atoms with Crippen LogP contribution in [0.15, 0.2) is 102 Å². The summed E-state index contributed by atoms with van der Waals surface area (Å²) in [4.78, 5) is 12.4. The van der Waals surface area contributed by atoms with E-state index in [4.69, 9.17) is 9.47 Å². The molecule has 8 heteroatoms. The molecule has 0 spiro atoms. The lowest BCUT2D eigenvalue weighted by molar-refractivity contribution is -0.118. The Balaban J connectivity index is 1.26. The van der Waals surface area contributed by atoms with Crippen molar-refractivity contribution in [3.05, 3.63) is 114 Å². The predicted molar refractivity (Wildman–Crippen MR) is 145 cm³/mol. The molecule has 0 aliphatic heterocycles. The van der Waals surface area contributed by atoms with Gasteiger partial charge >= 0.3 is 0 Å². The third-order valence-corrected chi connectivity index (χ3v) is 6.76. The number of carbonyl (C=O) groups excluding carboxylic acids is 1. The van der Waals surface area contributed by atoms with E-state index in [-0.39, 0.29) is 17.4 Å². The van der Waals surface area contributed by atoms with Crippen molar-refractivity contribution in [2.24, 2.45) is 0 Å². The van der Waals surface area contributed by atoms with E-state index in [0.717, 1.165) is 16.7 Å². The summed E-state index contributed by atoms with van der Waals surface area (Å²) in [5, 5.41) is 2.76. The minimum atomic E-state index is -3.75. The Hall–Kier alpha value is -4.30. The molecule has 0 atom stereocenters. The van der Waals surface area contributed by atoms with E-state index in [2.05, 4.69) is 10.0 Å². The molecular weight excluding hydrogens is 488 g/mol. The van der Waals surface area contributed by atoms with Gasteiger partial charge in [-0.3, -0.25) is 9.52 Å². The molecule has 0 aromatic heterocycles. The Morgan fingerprint density at radius 3 is 1.97 bits per heavy atom. The summed E-state index contributed by atoms with van der Waals surface area (Å²) in [6.45, 7) is 4.05. The fourth-order valence-electron chi connectivity index (χ4n) is 3.68. The molecule has 0 aliphatic carbocycles. The van der Waals surface area contributed by atoms with Crippen LogP contribution in [0.3, 0.4) is 0 Å². The standard InChI is InChI=1S/C29H28N2O5S/c1-21-16-22(2)18-25(17-21)31-37(33,34)28-14-12-27(13-15-28)36-20-29(32)30-24-8-10-26(11-9-24)35-19-23-6-4-3-5-7-23/h3-18,31H,19-20H2,1-2H3,(H,30,32). The first-order valence-electron chi connectivity index (χ1n) is 11.7. The molecule has 4 aromatic rings. The van der Waals surface area contributed by atoms with E-state index in [9.17, 15) is 13.2 Å². The molecular formula is C29H28N2O5S. The second-order valence-electron chi connectivity index (χ2n) is 8.59. The lowest BCUT2D eigenvalue weighted by Gasteiger charge is -2.11. The van der Waals surface area contributed by atoms with Crippen LogP contribution < -0.4 is 19.5 Å². The fourth-order valence-corrected chi connectivity index (χ4v) is 4.72. The van der Waals surface area contributed by atoms with Gasteiger partial charge in [0.05, 0.1) is 4.90 Å². The monoisotopic (exact) mass is 516 g/mol. The summed E-state index contributed by atoms with van der Waals surface area (Å²) < 4.78 is 39.3. The van der Waals surface area contributed by atoms with Crippen LogP contribution in [-0.2, 0) is 21.4 Å². The van der Waals surface area contributed by atoms with E-state index < -0.39 is 10.0 Å². The van der Waals surface area contributed by atoms with Crippen molar-refractivity contribution in [2.45, 2.75) is 25.3 Å². The van der Waals surface area contributed by atoms with Gasteiger partial charge in [0.1, 0.15) is 18.1 Å². The van der Waals surface area contributed by atoms with Crippen molar-refractivity contribution in [3.63, 3.8) is 0 Å². The van der Waals surface area contributed by atoms with Crippen LogP contribution >= 0.6 is 0 Å². The molecule has 0 saturated heterocycles. The van der Waals surface area contributed by atoms with Gasteiger partial charge in [-0.2, -0.15) is 0 Å². The number of amides is 1. The van der Waals surface area contributed by atoms with Gasteiger partial charge in [-0.1, -0.05) is 36.4 Å². The second-order valence-corrected chi connectivity index (χ2v) is 10.3. The largest absolute Gasteiger partial charge is 0.489 e. The van der Waals surface area contributed by atoms with Crippen LogP contribution in [0.5, 0.6) is 11.5 Å². The maximum absolute atomic E-state index is 12.7. The summed E-state index contributed by atoms with van der Waals surface area (Å²) in [7, 11) is -3.75. The molecule has 190 valence electrons. The first-order valence-corrected chi connectivity index (χ1v) is 13.2. The highest BCUT2D eigenvalue weighted by atomic mass is 32.2. The Bertz CT molecular complexity index is 1430. The number of anilines is 2. The van der Waals surface area contributed by atoms with Gasteiger partial charge in [0.25, 0.3) is 15.9 Å². The Morgan fingerprint density at radius 2 is 1.32 bits per heavy atom. The zero-order chi connectivity index (χ0) is 26.3. The zero-order valence-corrected chi connectivity index (χ0v) is 21.4. The molecule has 4 aromatic carbocycles. The summed E-state index contributed by atoms with van der Waals surface area (Å²) in [5.41, 5.74) is 4.12. The summed E-state index contributed by atoms with van der Waals surface area (Å²) >= 11 is 0. The molecule has 0 unspecified atom stereocenters. The van der Waals surface area contributed by atoms with Crippen LogP contribution in [0.2, 0.25) is 0 Å². The maximum Gasteiger partial charge on any atom is 0.262 e. The number of ether oxygens (including phenoxy) is 2. The normalized spacial score (nSPS) is 11.0. The molecule has 4 rings (SSSR count). The van der Waals surface area contributed by atoms with E-state index in [1.54, 1.807) is 36.4 Å². The van der Waals surface area contributed by atoms with Crippen molar-refractivity contribution in [1.82, 2.24) is 0 Å². The summed E-state index contributed by atoms with van der Waals surface area (Å²) in [6.07, 6.45) is 0. The third kappa shape index (κ3) is 7.59. The molecule has 7 nitrogen and oxygen atoms in total. The van der Waals surface area contributed by atoms with Gasteiger partial charge in [0.2, 0.25) is 0 Å². The first kappa shape index (κ1) is 25.8. The molecule has 0 heterocycles. The number of aryl methyl sites for hydroxylation is 2. The van der Waals surface area contributed by atoms with Gasteiger partial charge in [-0.25, -0.2) is 8.42 Å². The van der Waals surface area contributed by atoms with Crippen LogP contribution in [0, 0.1) is 13.8 Å². The SMILES string of the molecule is Cc1cc(C)cc(NS(=O)(=O)c2ccc(OCC(=O)Nc3ccc(OCc4ccccc4)cc3)cc2)c1. The van der Waals surface area contributed by atoms with Crippen molar-refractivity contribution >= 4 is 27.3 Å². The molecule has 0 fully saturated rings. The first-order chi connectivity index (χ1) is 17.8. The molecule has 0 radical (unpaired) electrons. The minimum Gasteiger partial charge on any atom is -0.489 e. The van der Waals surface area contributed by atoms with Crippen molar-refractivity contribution in [2.75, 3.05) is 16.6 Å². The molecule has 2 N–H and O–H groups in total. The van der Waals surface area contributed by atoms with Gasteiger partial charge in [-0.15, -0.1) is 0 Å². The molecule has 0 aliphatic rings. The van der Waals surface area contributed by atoms with Gasteiger partial charge in [0, 0.05) is 11.4 Å². The van der Waals surface area contributed by atoms with Crippen LogP contribution in [0.4, 0.5) is 11.4 Å². The smallest absolute Gasteiger partial charge is 0.262 e. The van der Waals surface area contributed by atoms with Crippen molar-refractivity contribution in [1.29, 1.82) is 0 Å². The number of benzene rings is 4. The fraction of sp³-hybridized carbons (Fsp3) is 0.138. The summed E-state index contributed by atoms with van der Waals surface area (Å²) in [6, 6.07) is 28.3. The van der Waals surface area contributed by atoms with E-state index in [0.29, 0.717) is 29.5 Å². The zero-order valence-electron chi connectivity index (χ0n) is 20.6. The van der Waals surface area contributed by atoms with Crippen LogP contribution in [0.25, 0.3) is 0 Å². The van der Waals surface area contributed by atoms with Crippen molar-refractivity contribution < 1.29 is 22.7 Å². The number of carbonyl (C=O) groups is 1. The highest BCUT2D eigenvalue weighted by molar-refractivity contribution is 7.92. The predicted octanol–water partition coefficient (Wildman–Crippen LogP) is 5.70. The number of hydrogen-bond donors (Lipinski definition) is 2. The number of rotatable bonds is 10. The topological polar surface area (TPSA) is 93.7 Å². The molecule has 0 bridgehead atoms. The maximum atomic E-state index is 12.7. The Kier molecular flexibility index (Phi) is 8.10. The molecule has 0 saturated carbocycles. The highest BCUT2D eigenvalue weighted by Crippen LogP contribution is 2.21. The van der Waals surface area contributed by atoms with Crippen molar-refractivity contribution in [3.8, 4) is 11.5 Å². The lowest BCUT2D eigenvalue weighted by Crippen LogP contribution is -2.20. The van der Waals surface area contributed by atoms with Gasteiger partial charge in [0.15, 0.2) is 6.61 Å². The van der Waals surface area contributed by atoms with E-state index in [1.165, 1.54) is 24.3 Å². The average molecular weight is 517 g/mol. The molecule has 1 amide bonds. The third-order valence-electron chi connectivity index (χ3n) is 5.36. The Labute approximate surface area is 217 Å². The van der Waals surface area contributed by atoms with Crippen LogP contribution in [-0.4, -0.2) is 20.9 Å². The van der Waals surface area contributed by atoms with E-state index in [1.807, 2.05) is 50.2 Å². The highest BCUT2D eigenvalue weighted by Gasteiger charge is 2.15. The lowest BCUT2D eigenvalue weighted by atomic mass is 10.1. The summed E-state index contributed by atoms with van der Waals surface area (Å²) in [5.74, 6) is 0.733. The molecule has 37 heavy (non-hydrogen) atoms. The second kappa shape index (κ2) is 11.6. The number of sulfonamides is 1. The number of nitrogens with one attached hydrogen (secondary N) is 2. The van der Waals surface area contributed by atoms with Gasteiger partial charge in [-0.05, 0) is 91.2 Å². The van der Waals surface area contributed by atoms with Gasteiger partial charge < -0.3 is 14.8 Å². The van der Waals surface area contributed by atoms with E-state index >= 15 is 0 Å². The average Bonchev–Trinajstić information content (AvgIpc) is 2.87.